The summed E-state index contributed by atoms with van der Waals surface area (Å²) in [7, 11) is 0. The second-order valence-corrected chi connectivity index (χ2v) is 3.80. The zero-order valence-electron chi connectivity index (χ0n) is 9.08. The number of hydrogen-bond acceptors (Lipinski definition) is 2. The fourth-order valence-corrected chi connectivity index (χ4v) is 1.96. The molecule has 0 saturated heterocycles. The summed E-state index contributed by atoms with van der Waals surface area (Å²) >= 11 is 0. The van der Waals surface area contributed by atoms with E-state index < -0.39 is 0 Å². The average Bonchev–Trinajstić information content (AvgIpc) is 2.39. The SMILES string of the molecule is [O-][n+]1cnc2ccccc2c1-c1ccccc1. The van der Waals surface area contributed by atoms with Crippen molar-refractivity contribution >= 4 is 10.9 Å². The van der Waals surface area contributed by atoms with Crippen molar-refractivity contribution in [3.63, 3.8) is 0 Å². The minimum absolute atomic E-state index is 0.649. The van der Waals surface area contributed by atoms with Crippen LogP contribution < -0.4 is 4.73 Å². The van der Waals surface area contributed by atoms with Gasteiger partial charge in [-0.15, -0.1) is 0 Å². The number of aromatic nitrogens is 2. The summed E-state index contributed by atoms with van der Waals surface area (Å²) in [5.74, 6) is 0. The Morgan fingerprint density at radius 2 is 1.59 bits per heavy atom. The quantitative estimate of drug-likeness (QED) is 0.469. The van der Waals surface area contributed by atoms with Gasteiger partial charge in [0.1, 0.15) is 5.69 Å². The second-order valence-electron chi connectivity index (χ2n) is 3.80. The maximum Gasteiger partial charge on any atom is 0.290 e. The fraction of sp³-hybridized carbons (Fsp3) is 0. The van der Waals surface area contributed by atoms with Crippen molar-refractivity contribution in [2.75, 3.05) is 0 Å². The second kappa shape index (κ2) is 3.87. The van der Waals surface area contributed by atoms with E-state index in [0.717, 1.165) is 21.2 Å². The van der Waals surface area contributed by atoms with Crippen molar-refractivity contribution in [2.24, 2.45) is 0 Å². The molecule has 0 aliphatic carbocycles. The third kappa shape index (κ3) is 1.61. The summed E-state index contributed by atoms with van der Waals surface area (Å²) in [6.07, 6.45) is 1.31. The first-order chi connectivity index (χ1) is 8.36. The third-order valence-electron chi connectivity index (χ3n) is 2.73. The fourth-order valence-electron chi connectivity index (χ4n) is 1.96. The highest BCUT2D eigenvalue weighted by atomic mass is 16.5. The van der Waals surface area contributed by atoms with Gasteiger partial charge < -0.3 is 5.21 Å². The van der Waals surface area contributed by atoms with E-state index in [9.17, 15) is 5.21 Å². The molecule has 0 saturated carbocycles. The Morgan fingerprint density at radius 3 is 2.41 bits per heavy atom. The molecule has 1 heterocycles. The Labute approximate surface area is 98.6 Å². The van der Waals surface area contributed by atoms with E-state index in [-0.39, 0.29) is 0 Å². The Balaban J connectivity index is 2.39. The summed E-state index contributed by atoms with van der Waals surface area (Å²) in [6, 6.07) is 17.3. The van der Waals surface area contributed by atoms with Gasteiger partial charge in [-0.05, 0) is 17.1 Å². The van der Waals surface area contributed by atoms with E-state index >= 15 is 0 Å². The van der Waals surface area contributed by atoms with Gasteiger partial charge in [0.05, 0.1) is 5.39 Å². The van der Waals surface area contributed by atoms with E-state index in [1.807, 2.05) is 54.6 Å². The molecular formula is C14H10N2O. The Bertz CT molecular complexity index is 665. The summed E-state index contributed by atoms with van der Waals surface area (Å²) in [6.45, 7) is 0. The van der Waals surface area contributed by atoms with Crippen LogP contribution in [-0.2, 0) is 0 Å². The van der Waals surface area contributed by atoms with Crippen molar-refractivity contribution in [1.29, 1.82) is 0 Å². The monoisotopic (exact) mass is 222 g/mol. The summed E-state index contributed by atoms with van der Waals surface area (Å²) < 4.78 is 0.817. The van der Waals surface area contributed by atoms with Crippen LogP contribution in [0.15, 0.2) is 60.9 Å². The zero-order valence-corrected chi connectivity index (χ0v) is 9.08. The molecule has 82 valence electrons. The van der Waals surface area contributed by atoms with Crippen molar-refractivity contribution in [1.82, 2.24) is 4.98 Å². The van der Waals surface area contributed by atoms with Gasteiger partial charge in [0.25, 0.3) is 6.33 Å². The number of hydrogen-bond donors (Lipinski definition) is 0. The lowest BCUT2D eigenvalue weighted by atomic mass is 10.1. The number of benzene rings is 2. The van der Waals surface area contributed by atoms with Gasteiger partial charge in [-0.25, -0.2) is 4.73 Å². The van der Waals surface area contributed by atoms with Crippen molar-refractivity contribution in [2.45, 2.75) is 0 Å². The molecule has 0 fully saturated rings. The van der Waals surface area contributed by atoms with Crippen LogP contribution >= 0.6 is 0 Å². The van der Waals surface area contributed by atoms with E-state index in [1.165, 1.54) is 6.33 Å². The first-order valence-corrected chi connectivity index (χ1v) is 5.38. The molecule has 0 aliphatic heterocycles. The molecule has 0 amide bonds. The highest BCUT2D eigenvalue weighted by Crippen LogP contribution is 2.23. The van der Waals surface area contributed by atoms with Gasteiger partial charge in [-0.3, -0.25) is 0 Å². The molecule has 1 aromatic heterocycles. The molecule has 2 aromatic carbocycles. The predicted octanol–water partition coefficient (Wildman–Crippen LogP) is 2.54. The average molecular weight is 222 g/mol. The molecule has 0 aliphatic rings. The lowest BCUT2D eigenvalue weighted by molar-refractivity contribution is -0.595. The number of para-hydroxylation sites is 1. The summed E-state index contributed by atoms with van der Waals surface area (Å²) in [4.78, 5) is 4.12. The van der Waals surface area contributed by atoms with Crippen molar-refractivity contribution < 1.29 is 4.73 Å². The third-order valence-corrected chi connectivity index (χ3v) is 2.73. The van der Waals surface area contributed by atoms with Gasteiger partial charge >= 0.3 is 0 Å². The van der Waals surface area contributed by atoms with E-state index in [2.05, 4.69) is 4.98 Å². The molecule has 3 nitrogen and oxygen atoms in total. The largest absolute Gasteiger partial charge is 0.710 e. The molecule has 0 radical (unpaired) electrons. The van der Waals surface area contributed by atoms with Gasteiger partial charge in [0.2, 0.25) is 0 Å². The van der Waals surface area contributed by atoms with Gasteiger partial charge in [-0.1, -0.05) is 42.5 Å². The van der Waals surface area contributed by atoms with E-state index in [1.54, 1.807) is 0 Å². The van der Waals surface area contributed by atoms with Gasteiger partial charge in [-0.2, -0.15) is 0 Å². The molecule has 0 spiro atoms. The van der Waals surface area contributed by atoms with Crippen LogP contribution in [0.2, 0.25) is 0 Å². The Morgan fingerprint density at radius 1 is 0.882 bits per heavy atom. The summed E-state index contributed by atoms with van der Waals surface area (Å²) in [5.41, 5.74) is 2.38. The molecule has 17 heavy (non-hydrogen) atoms. The van der Waals surface area contributed by atoms with Gasteiger partial charge in [0.15, 0.2) is 5.52 Å². The standard InChI is InChI=1S/C14H10N2O/c17-16-10-15-13-9-5-4-8-12(13)14(16)11-6-2-1-3-7-11/h1-10H. The Kier molecular flexibility index (Phi) is 2.22. The highest BCUT2D eigenvalue weighted by molar-refractivity contribution is 5.90. The van der Waals surface area contributed by atoms with Crippen molar-refractivity contribution in [3.05, 3.63) is 66.1 Å². The maximum absolute atomic E-state index is 11.9. The van der Waals surface area contributed by atoms with Crippen LogP contribution in [0.4, 0.5) is 0 Å². The van der Waals surface area contributed by atoms with Crippen LogP contribution in [0.5, 0.6) is 0 Å². The van der Waals surface area contributed by atoms with Crippen molar-refractivity contribution in [3.8, 4) is 11.3 Å². The summed E-state index contributed by atoms with van der Waals surface area (Å²) in [5, 5.41) is 12.8. The number of fused-ring (bicyclic) bond motifs is 1. The number of rotatable bonds is 1. The van der Waals surface area contributed by atoms with Crippen LogP contribution in [0.25, 0.3) is 22.2 Å². The molecular weight excluding hydrogens is 212 g/mol. The van der Waals surface area contributed by atoms with Gasteiger partial charge in [0, 0.05) is 5.56 Å². The normalized spacial score (nSPS) is 10.6. The molecule has 3 rings (SSSR count). The molecule has 0 unspecified atom stereocenters. The lowest BCUT2D eigenvalue weighted by Gasteiger charge is -2.09. The van der Waals surface area contributed by atoms with E-state index in [0.29, 0.717) is 5.69 Å². The molecule has 0 bridgehead atoms. The Hall–Kier alpha value is -2.42. The van der Waals surface area contributed by atoms with Crippen LogP contribution in [-0.4, -0.2) is 4.98 Å². The predicted molar refractivity (Wildman–Crippen MR) is 66.1 cm³/mol. The number of nitrogens with zero attached hydrogens (tertiary/aromatic N) is 2. The first-order valence-electron chi connectivity index (χ1n) is 5.38. The smallest absolute Gasteiger partial charge is 0.290 e. The minimum atomic E-state index is 0.649. The van der Waals surface area contributed by atoms with Crippen LogP contribution in [0.1, 0.15) is 0 Å². The zero-order chi connectivity index (χ0) is 11.7. The maximum atomic E-state index is 11.9. The van der Waals surface area contributed by atoms with Crippen LogP contribution in [0.3, 0.4) is 0 Å². The first kappa shape index (κ1) is 9.78. The lowest BCUT2D eigenvalue weighted by Crippen LogP contribution is -2.29. The highest BCUT2D eigenvalue weighted by Gasteiger charge is 2.11. The molecule has 0 atom stereocenters. The minimum Gasteiger partial charge on any atom is -0.710 e. The molecule has 0 N–H and O–H groups in total. The topological polar surface area (TPSA) is 39.8 Å². The molecule has 3 heteroatoms. The van der Waals surface area contributed by atoms with Crippen LogP contribution in [0, 0.1) is 5.21 Å². The molecule has 3 aromatic rings. The van der Waals surface area contributed by atoms with E-state index in [4.69, 9.17) is 0 Å².